The molecule has 0 radical (unpaired) electrons. The molecule has 0 aliphatic carbocycles. The summed E-state index contributed by atoms with van der Waals surface area (Å²) in [6, 6.07) is 22.8. The number of nitrogens with one attached hydrogen (secondary N) is 1. The van der Waals surface area contributed by atoms with Gasteiger partial charge in [-0.25, -0.2) is 4.79 Å². The van der Waals surface area contributed by atoms with Gasteiger partial charge in [-0.15, -0.1) is 0 Å². The lowest BCUT2D eigenvalue weighted by atomic mass is 10.00. The maximum atomic E-state index is 12.7. The number of carbonyl (C=O) groups is 2. The molecule has 29 heavy (non-hydrogen) atoms. The van der Waals surface area contributed by atoms with E-state index in [-0.39, 0.29) is 12.4 Å². The Balaban J connectivity index is 1.53. The Bertz CT molecular complexity index is 1180. The van der Waals surface area contributed by atoms with Crippen LogP contribution in [-0.2, 0) is 11.2 Å². The zero-order valence-electron chi connectivity index (χ0n) is 16.1. The van der Waals surface area contributed by atoms with E-state index < -0.39 is 5.97 Å². The Morgan fingerprint density at radius 3 is 2.41 bits per heavy atom. The molecule has 0 saturated heterocycles. The third kappa shape index (κ3) is 3.69. The monoisotopic (exact) mass is 383 g/mol. The molecular formula is C25H21NO3. The number of hydrogen-bond acceptors (Lipinski definition) is 3. The first-order valence-corrected chi connectivity index (χ1v) is 9.62. The topological polar surface area (TPSA) is 59.2 Å². The summed E-state index contributed by atoms with van der Waals surface area (Å²) in [5, 5.41) is 0.857. The van der Waals surface area contributed by atoms with E-state index in [2.05, 4.69) is 11.9 Å². The first-order valence-electron chi connectivity index (χ1n) is 9.62. The van der Waals surface area contributed by atoms with Gasteiger partial charge in [-0.2, -0.15) is 0 Å². The number of aromatic amines is 1. The van der Waals surface area contributed by atoms with Crippen molar-refractivity contribution < 1.29 is 14.3 Å². The standard InChI is InChI=1S/C25H21NO3/c1-2-17-11-8-14-20-22(15-26-24(17)20)23(27)16-29-25(28)21-13-7-6-12-19(21)18-9-4-3-5-10-18/h3-15,26H,2,16H2,1H3. The van der Waals surface area contributed by atoms with Gasteiger partial charge in [0.15, 0.2) is 6.61 Å². The Hall–Kier alpha value is -3.66. The molecule has 3 aromatic carbocycles. The van der Waals surface area contributed by atoms with E-state index in [9.17, 15) is 9.59 Å². The molecule has 0 amide bonds. The quantitative estimate of drug-likeness (QED) is 0.356. The highest BCUT2D eigenvalue weighted by Gasteiger charge is 2.18. The van der Waals surface area contributed by atoms with Gasteiger partial charge in [0, 0.05) is 22.7 Å². The van der Waals surface area contributed by atoms with E-state index in [1.54, 1.807) is 18.3 Å². The summed E-state index contributed by atoms with van der Waals surface area (Å²) in [4.78, 5) is 28.6. The number of para-hydroxylation sites is 1. The van der Waals surface area contributed by atoms with Gasteiger partial charge >= 0.3 is 5.97 Å². The molecule has 4 rings (SSSR count). The van der Waals surface area contributed by atoms with Crippen LogP contribution in [0.1, 0.15) is 33.2 Å². The van der Waals surface area contributed by atoms with E-state index in [4.69, 9.17) is 4.74 Å². The molecule has 0 bridgehead atoms. The molecule has 1 heterocycles. The van der Waals surface area contributed by atoms with Crippen molar-refractivity contribution in [3.63, 3.8) is 0 Å². The van der Waals surface area contributed by atoms with Gasteiger partial charge in [-0.3, -0.25) is 4.79 Å². The van der Waals surface area contributed by atoms with Crippen LogP contribution in [0.2, 0.25) is 0 Å². The minimum atomic E-state index is -0.508. The van der Waals surface area contributed by atoms with Crippen LogP contribution in [0.5, 0.6) is 0 Å². The lowest BCUT2D eigenvalue weighted by molar-refractivity contribution is 0.0476. The molecule has 0 aliphatic rings. The maximum Gasteiger partial charge on any atom is 0.339 e. The number of Topliss-reactive ketones (excluding diaryl/α,β-unsaturated/α-hetero) is 1. The highest BCUT2D eigenvalue weighted by molar-refractivity contribution is 6.10. The molecule has 4 nitrogen and oxygen atoms in total. The number of ketones is 1. The average molecular weight is 383 g/mol. The molecule has 1 aromatic heterocycles. The Morgan fingerprint density at radius 1 is 0.862 bits per heavy atom. The SMILES string of the molecule is CCc1cccc2c(C(=O)COC(=O)c3ccccc3-c3ccccc3)c[nH]c12. The van der Waals surface area contributed by atoms with E-state index in [0.717, 1.165) is 34.0 Å². The van der Waals surface area contributed by atoms with Gasteiger partial charge in [0.25, 0.3) is 0 Å². The van der Waals surface area contributed by atoms with Gasteiger partial charge in [0.1, 0.15) is 0 Å². The lowest BCUT2D eigenvalue weighted by Gasteiger charge is -2.09. The molecule has 0 aliphatic heterocycles. The van der Waals surface area contributed by atoms with Crippen LogP contribution in [0.25, 0.3) is 22.0 Å². The summed E-state index contributed by atoms with van der Waals surface area (Å²) in [5.74, 6) is -0.734. The van der Waals surface area contributed by atoms with E-state index in [1.807, 2.05) is 60.7 Å². The van der Waals surface area contributed by atoms with Gasteiger partial charge in [0.05, 0.1) is 5.56 Å². The van der Waals surface area contributed by atoms with Crippen LogP contribution in [0, 0.1) is 0 Å². The highest BCUT2D eigenvalue weighted by atomic mass is 16.5. The fraction of sp³-hybridized carbons (Fsp3) is 0.120. The number of ether oxygens (including phenoxy) is 1. The lowest BCUT2D eigenvalue weighted by Crippen LogP contribution is -2.14. The fourth-order valence-corrected chi connectivity index (χ4v) is 3.56. The summed E-state index contributed by atoms with van der Waals surface area (Å²) in [7, 11) is 0. The average Bonchev–Trinajstić information content (AvgIpc) is 3.22. The number of carbonyl (C=O) groups excluding carboxylic acids is 2. The molecule has 0 unspecified atom stereocenters. The van der Waals surface area contributed by atoms with Gasteiger partial charge < -0.3 is 9.72 Å². The van der Waals surface area contributed by atoms with Crippen LogP contribution in [0.15, 0.2) is 79.0 Å². The van der Waals surface area contributed by atoms with Crippen molar-refractivity contribution >= 4 is 22.7 Å². The van der Waals surface area contributed by atoms with Crippen LogP contribution < -0.4 is 0 Å². The molecule has 4 heteroatoms. The van der Waals surface area contributed by atoms with Crippen LogP contribution in [-0.4, -0.2) is 23.3 Å². The molecule has 4 aromatic rings. The van der Waals surface area contributed by atoms with Gasteiger partial charge in [0.2, 0.25) is 5.78 Å². The van der Waals surface area contributed by atoms with E-state index in [1.165, 1.54) is 0 Å². The van der Waals surface area contributed by atoms with Crippen LogP contribution in [0.3, 0.4) is 0 Å². The summed E-state index contributed by atoms with van der Waals surface area (Å²) in [6.07, 6.45) is 2.56. The fourth-order valence-electron chi connectivity index (χ4n) is 3.56. The number of aryl methyl sites for hydroxylation is 1. The summed E-state index contributed by atoms with van der Waals surface area (Å²) in [5.41, 5.74) is 4.80. The predicted octanol–water partition coefficient (Wildman–Crippen LogP) is 5.44. The molecule has 0 spiro atoms. The summed E-state index contributed by atoms with van der Waals surface area (Å²) < 4.78 is 5.38. The van der Waals surface area contributed by atoms with Gasteiger partial charge in [-0.05, 0) is 29.2 Å². The highest BCUT2D eigenvalue weighted by Crippen LogP contribution is 2.25. The van der Waals surface area contributed by atoms with Crippen molar-refractivity contribution in [2.24, 2.45) is 0 Å². The third-order valence-corrected chi connectivity index (χ3v) is 5.05. The molecule has 144 valence electrons. The number of esters is 1. The second kappa shape index (κ2) is 8.15. The predicted molar refractivity (Wildman–Crippen MR) is 114 cm³/mol. The van der Waals surface area contributed by atoms with Crippen molar-refractivity contribution in [2.45, 2.75) is 13.3 Å². The molecular weight excluding hydrogens is 362 g/mol. The molecule has 1 N–H and O–H groups in total. The second-order valence-corrected chi connectivity index (χ2v) is 6.81. The Morgan fingerprint density at radius 2 is 1.62 bits per heavy atom. The zero-order valence-corrected chi connectivity index (χ0v) is 16.1. The largest absolute Gasteiger partial charge is 0.454 e. The van der Waals surface area contributed by atoms with Crippen molar-refractivity contribution in [3.05, 3.63) is 95.7 Å². The first-order chi connectivity index (χ1) is 14.2. The third-order valence-electron chi connectivity index (χ3n) is 5.05. The number of benzene rings is 3. The van der Waals surface area contributed by atoms with E-state index in [0.29, 0.717) is 11.1 Å². The number of aromatic nitrogens is 1. The molecule has 0 atom stereocenters. The second-order valence-electron chi connectivity index (χ2n) is 6.81. The van der Waals surface area contributed by atoms with Crippen molar-refractivity contribution in [3.8, 4) is 11.1 Å². The first kappa shape index (κ1) is 18.7. The van der Waals surface area contributed by atoms with Crippen LogP contribution in [0.4, 0.5) is 0 Å². The van der Waals surface area contributed by atoms with Crippen molar-refractivity contribution in [1.29, 1.82) is 0 Å². The Kier molecular flexibility index (Phi) is 5.25. The number of rotatable bonds is 6. The Labute approximate surface area is 169 Å². The van der Waals surface area contributed by atoms with E-state index >= 15 is 0 Å². The summed E-state index contributed by atoms with van der Waals surface area (Å²) in [6.45, 7) is 1.77. The van der Waals surface area contributed by atoms with Crippen molar-refractivity contribution in [2.75, 3.05) is 6.61 Å². The number of fused-ring (bicyclic) bond motifs is 1. The molecule has 0 fully saturated rings. The molecule has 0 saturated carbocycles. The van der Waals surface area contributed by atoms with Crippen LogP contribution >= 0.6 is 0 Å². The van der Waals surface area contributed by atoms with Gasteiger partial charge in [-0.1, -0.05) is 73.7 Å². The zero-order chi connectivity index (χ0) is 20.2. The smallest absolute Gasteiger partial charge is 0.339 e. The number of H-pyrrole nitrogens is 1. The number of hydrogen-bond donors (Lipinski definition) is 1. The minimum Gasteiger partial charge on any atom is -0.454 e. The van der Waals surface area contributed by atoms with Crippen molar-refractivity contribution in [1.82, 2.24) is 4.98 Å². The minimum absolute atomic E-state index is 0.227. The summed E-state index contributed by atoms with van der Waals surface area (Å²) >= 11 is 0. The maximum absolute atomic E-state index is 12.7. The normalized spacial score (nSPS) is 10.8.